The molecule has 1 aliphatic carbocycles. The Kier molecular flexibility index (Phi) is 7.25. The van der Waals surface area contributed by atoms with Crippen molar-refractivity contribution < 1.29 is 19.1 Å². The average Bonchev–Trinajstić information content (AvgIpc) is 3.57. The number of rotatable bonds is 8. The third-order valence-corrected chi connectivity index (χ3v) is 5.81. The Hall–Kier alpha value is -2.41. The van der Waals surface area contributed by atoms with Crippen LogP contribution in [0.5, 0.6) is 0 Å². The number of likely N-dealkylation sites (tertiary alicyclic amines) is 1. The Labute approximate surface area is 172 Å². The number of amides is 3. The highest BCUT2D eigenvalue weighted by molar-refractivity contribution is 5.95. The summed E-state index contributed by atoms with van der Waals surface area (Å²) < 4.78 is 4.99. The zero-order valence-corrected chi connectivity index (χ0v) is 17.3. The lowest BCUT2D eigenvalue weighted by Crippen LogP contribution is -2.54. The SMILES string of the molecule is COCCNC(=O)C(NC(=O)C1CC1)C1CCN(C(=O)c2ccccc2C)CC1. The van der Waals surface area contributed by atoms with Gasteiger partial charge in [-0.05, 0) is 50.2 Å². The maximum Gasteiger partial charge on any atom is 0.254 e. The lowest BCUT2D eigenvalue weighted by Gasteiger charge is -2.36. The topological polar surface area (TPSA) is 87.7 Å². The van der Waals surface area contributed by atoms with Crippen LogP contribution in [0, 0.1) is 18.8 Å². The van der Waals surface area contributed by atoms with Crippen LogP contribution in [0.15, 0.2) is 24.3 Å². The van der Waals surface area contributed by atoms with Gasteiger partial charge in [0.2, 0.25) is 11.8 Å². The molecule has 1 aromatic rings. The number of hydrogen-bond donors (Lipinski definition) is 2. The van der Waals surface area contributed by atoms with E-state index in [0.29, 0.717) is 39.1 Å². The van der Waals surface area contributed by atoms with Gasteiger partial charge < -0.3 is 20.3 Å². The fourth-order valence-corrected chi connectivity index (χ4v) is 3.82. The van der Waals surface area contributed by atoms with Gasteiger partial charge in [0.1, 0.15) is 6.04 Å². The van der Waals surface area contributed by atoms with E-state index < -0.39 is 6.04 Å². The number of ether oxygens (including phenoxy) is 1. The Morgan fingerprint density at radius 3 is 2.45 bits per heavy atom. The average molecular weight is 402 g/mol. The summed E-state index contributed by atoms with van der Waals surface area (Å²) in [6.07, 6.45) is 3.16. The van der Waals surface area contributed by atoms with Gasteiger partial charge in [-0.15, -0.1) is 0 Å². The molecule has 2 fully saturated rings. The molecule has 1 heterocycles. The van der Waals surface area contributed by atoms with Crippen molar-refractivity contribution >= 4 is 17.7 Å². The summed E-state index contributed by atoms with van der Waals surface area (Å²) in [7, 11) is 1.58. The number of nitrogens with one attached hydrogen (secondary N) is 2. The van der Waals surface area contributed by atoms with Gasteiger partial charge in [-0.1, -0.05) is 18.2 Å². The summed E-state index contributed by atoms with van der Waals surface area (Å²) in [6, 6.07) is 7.03. The summed E-state index contributed by atoms with van der Waals surface area (Å²) in [4.78, 5) is 39.7. The molecule has 0 spiro atoms. The second-order valence-electron chi connectivity index (χ2n) is 7.99. The van der Waals surface area contributed by atoms with Crippen molar-refractivity contribution in [2.45, 2.75) is 38.6 Å². The van der Waals surface area contributed by atoms with Crippen molar-refractivity contribution in [2.24, 2.45) is 11.8 Å². The van der Waals surface area contributed by atoms with Crippen LogP contribution in [0.4, 0.5) is 0 Å². The molecule has 3 amide bonds. The van der Waals surface area contributed by atoms with E-state index in [1.165, 1.54) is 0 Å². The quantitative estimate of drug-likeness (QED) is 0.647. The third kappa shape index (κ3) is 5.56. The largest absolute Gasteiger partial charge is 0.383 e. The smallest absolute Gasteiger partial charge is 0.254 e. The summed E-state index contributed by atoms with van der Waals surface area (Å²) in [5.74, 6) is -0.104. The van der Waals surface area contributed by atoms with Crippen molar-refractivity contribution in [2.75, 3.05) is 33.4 Å². The Morgan fingerprint density at radius 2 is 1.83 bits per heavy atom. The van der Waals surface area contributed by atoms with Crippen molar-refractivity contribution in [3.05, 3.63) is 35.4 Å². The molecule has 1 unspecified atom stereocenters. The van der Waals surface area contributed by atoms with Gasteiger partial charge in [-0.25, -0.2) is 0 Å². The van der Waals surface area contributed by atoms with Gasteiger partial charge in [-0.3, -0.25) is 14.4 Å². The van der Waals surface area contributed by atoms with Gasteiger partial charge in [0, 0.05) is 38.2 Å². The highest BCUT2D eigenvalue weighted by Gasteiger charge is 2.37. The number of piperidine rings is 1. The third-order valence-electron chi connectivity index (χ3n) is 5.81. The molecule has 2 aliphatic rings. The zero-order chi connectivity index (χ0) is 20.8. The van der Waals surface area contributed by atoms with Crippen molar-refractivity contribution in [3.8, 4) is 0 Å². The molecule has 2 N–H and O–H groups in total. The molecule has 1 saturated heterocycles. The molecule has 3 rings (SSSR count). The Balaban J connectivity index is 1.60. The van der Waals surface area contributed by atoms with E-state index in [1.807, 2.05) is 36.1 Å². The normalized spacial score (nSPS) is 18.2. The van der Waals surface area contributed by atoms with Gasteiger partial charge >= 0.3 is 0 Å². The minimum absolute atomic E-state index is 0.0150. The minimum Gasteiger partial charge on any atom is -0.383 e. The van der Waals surface area contributed by atoms with Crippen LogP contribution in [-0.4, -0.2) is 62.0 Å². The van der Waals surface area contributed by atoms with Crippen LogP contribution in [0.3, 0.4) is 0 Å². The van der Waals surface area contributed by atoms with Crippen LogP contribution >= 0.6 is 0 Å². The monoisotopic (exact) mass is 401 g/mol. The van der Waals surface area contributed by atoms with Crippen molar-refractivity contribution in [1.82, 2.24) is 15.5 Å². The lowest BCUT2D eigenvalue weighted by atomic mass is 9.88. The van der Waals surface area contributed by atoms with Gasteiger partial charge in [0.25, 0.3) is 5.91 Å². The predicted molar refractivity (Wildman–Crippen MR) is 109 cm³/mol. The second-order valence-corrected chi connectivity index (χ2v) is 7.99. The second kappa shape index (κ2) is 9.87. The fraction of sp³-hybridized carbons (Fsp3) is 0.591. The standard InChI is InChI=1S/C22H31N3O4/c1-15-5-3-4-6-18(15)22(28)25-12-9-16(10-13-25)19(21(27)23-11-14-29-2)24-20(26)17-7-8-17/h3-6,16-17,19H,7-14H2,1-2H3,(H,23,27)(H,24,26). The summed E-state index contributed by atoms with van der Waals surface area (Å²) in [5, 5.41) is 5.82. The number of carbonyl (C=O) groups excluding carboxylic acids is 3. The van der Waals surface area contributed by atoms with Crippen molar-refractivity contribution in [1.29, 1.82) is 0 Å². The van der Waals surface area contributed by atoms with E-state index in [9.17, 15) is 14.4 Å². The highest BCUT2D eigenvalue weighted by Crippen LogP contribution is 2.30. The van der Waals surface area contributed by atoms with Crippen LogP contribution in [0.25, 0.3) is 0 Å². The zero-order valence-electron chi connectivity index (χ0n) is 17.3. The summed E-state index contributed by atoms with van der Waals surface area (Å²) >= 11 is 0. The number of hydrogen-bond acceptors (Lipinski definition) is 4. The van der Waals surface area contributed by atoms with E-state index in [2.05, 4.69) is 10.6 Å². The molecule has 0 radical (unpaired) electrons. The Bertz CT molecular complexity index is 739. The summed E-state index contributed by atoms with van der Waals surface area (Å²) in [6.45, 7) is 3.94. The molecular formula is C22H31N3O4. The van der Waals surface area contributed by atoms with E-state index in [-0.39, 0.29) is 29.6 Å². The molecule has 158 valence electrons. The number of carbonyl (C=O) groups is 3. The maximum absolute atomic E-state index is 12.8. The highest BCUT2D eigenvalue weighted by atomic mass is 16.5. The predicted octanol–water partition coefficient (Wildman–Crippen LogP) is 1.50. The van der Waals surface area contributed by atoms with Crippen molar-refractivity contribution in [3.63, 3.8) is 0 Å². The van der Waals surface area contributed by atoms with Crippen LogP contribution in [-0.2, 0) is 14.3 Å². The molecule has 1 aliphatic heterocycles. The molecule has 29 heavy (non-hydrogen) atoms. The van der Waals surface area contributed by atoms with Crippen LogP contribution in [0.1, 0.15) is 41.6 Å². The molecule has 1 atom stereocenters. The Morgan fingerprint density at radius 1 is 1.14 bits per heavy atom. The molecule has 1 saturated carbocycles. The molecule has 7 nitrogen and oxygen atoms in total. The van der Waals surface area contributed by atoms with E-state index >= 15 is 0 Å². The molecule has 7 heteroatoms. The van der Waals surface area contributed by atoms with Gasteiger partial charge in [0.15, 0.2) is 0 Å². The molecular weight excluding hydrogens is 370 g/mol. The van der Waals surface area contributed by atoms with E-state index in [1.54, 1.807) is 7.11 Å². The van der Waals surface area contributed by atoms with Gasteiger partial charge in [-0.2, -0.15) is 0 Å². The first-order valence-electron chi connectivity index (χ1n) is 10.4. The van der Waals surface area contributed by atoms with Crippen LogP contribution < -0.4 is 10.6 Å². The van der Waals surface area contributed by atoms with E-state index in [0.717, 1.165) is 24.0 Å². The maximum atomic E-state index is 12.8. The number of nitrogens with zero attached hydrogens (tertiary/aromatic N) is 1. The first-order valence-corrected chi connectivity index (χ1v) is 10.4. The molecule has 1 aromatic carbocycles. The van der Waals surface area contributed by atoms with E-state index in [4.69, 9.17) is 4.74 Å². The molecule has 0 aromatic heterocycles. The summed E-state index contributed by atoms with van der Waals surface area (Å²) in [5.41, 5.74) is 1.69. The lowest BCUT2D eigenvalue weighted by molar-refractivity contribution is -0.131. The molecule has 0 bridgehead atoms. The minimum atomic E-state index is -0.560. The first kappa shape index (κ1) is 21.3. The van der Waals surface area contributed by atoms with Gasteiger partial charge in [0.05, 0.1) is 6.61 Å². The number of methoxy groups -OCH3 is 1. The number of benzene rings is 1. The van der Waals surface area contributed by atoms with Crippen LogP contribution in [0.2, 0.25) is 0 Å². The fourth-order valence-electron chi connectivity index (χ4n) is 3.82. The number of aryl methyl sites for hydroxylation is 1. The first-order chi connectivity index (χ1) is 14.0.